The maximum absolute atomic E-state index is 5.35. The number of piperazine rings is 1. The molecule has 28 heavy (non-hydrogen) atoms. The van der Waals surface area contributed by atoms with Crippen molar-refractivity contribution in [3.05, 3.63) is 48.2 Å². The van der Waals surface area contributed by atoms with Crippen molar-refractivity contribution in [2.45, 2.75) is 6.54 Å². The van der Waals surface area contributed by atoms with Gasteiger partial charge in [0, 0.05) is 77.4 Å². The van der Waals surface area contributed by atoms with Crippen LogP contribution in [0.25, 0.3) is 0 Å². The Hall–Kier alpha value is -2.96. The number of aromatic nitrogens is 1. The van der Waals surface area contributed by atoms with Gasteiger partial charge in [0.1, 0.15) is 11.6 Å². The standard InChI is InChI=1S/C21H30N6O/c1-22-21(24-16-17-7-6-10-23-20(17)25(2)3)27-13-11-26(12-14-27)18-8-5-9-19(15-18)28-4/h5-10,15H,11-14,16H2,1-4H3,(H,22,24). The third kappa shape index (κ3) is 4.65. The van der Waals surface area contributed by atoms with Crippen LogP contribution < -0.4 is 19.9 Å². The molecule has 2 heterocycles. The van der Waals surface area contributed by atoms with Gasteiger partial charge in [0.05, 0.1) is 7.11 Å². The average Bonchev–Trinajstić information content (AvgIpc) is 2.75. The van der Waals surface area contributed by atoms with E-state index in [0.717, 1.165) is 49.3 Å². The van der Waals surface area contributed by atoms with E-state index in [4.69, 9.17) is 4.74 Å². The molecule has 7 heteroatoms. The van der Waals surface area contributed by atoms with Crippen molar-refractivity contribution in [1.29, 1.82) is 0 Å². The molecule has 0 radical (unpaired) electrons. The molecule has 1 fully saturated rings. The van der Waals surface area contributed by atoms with Gasteiger partial charge in [-0.2, -0.15) is 0 Å². The van der Waals surface area contributed by atoms with Gasteiger partial charge in [-0.3, -0.25) is 4.99 Å². The summed E-state index contributed by atoms with van der Waals surface area (Å²) in [5, 5.41) is 3.49. The van der Waals surface area contributed by atoms with Crippen LogP contribution in [0, 0.1) is 0 Å². The summed E-state index contributed by atoms with van der Waals surface area (Å²) in [6, 6.07) is 12.3. The van der Waals surface area contributed by atoms with Crippen LogP contribution in [0.1, 0.15) is 5.56 Å². The summed E-state index contributed by atoms with van der Waals surface area (Å²) < 4.78 is 5.35. The zero-order chi connectivity index (χ0) is 19.9. The SMILES string of the molecule is CN=C(NCc1cccnc1N(C)C)N1CCN(c2cccc(OC)c2)CC1. The average molecular weight is 383 g/mol. The number of anilines is 2. The first-order valence-corrected chi connectivity index (χ1v) is 9.58. The molecule has 150 valence electrons. The third-order valence-electron chi connectivity index (χ3n) is 4.94. The molecule has 0 bridgehead atoms. The van der Waals surface area contributed by atoms with E-state index >= 15 is 0 Å². The number of ether oxygens (including phenoxy) is 1. The summed E-state index contributed by atoms with van der Waals surface area (Å²) in [6.45, 7) is 4.44. The molecule has 0 aliphatic carbocycles. The van der Waals surface area contributed by atoms with E-state index in [9.17, 15) is 0 Å². The first-order chi connectivity index (χ1) is 13.6. The molecule has 7 nitrogen and oxygen atoms in total. The predicted molar refractivity (Wildman–Crippen MR) is 116 cm³/mol. The highest BCUT2D eigenvalue weighted by Gasteiger charge is 2.20. The zero-order valence-electron chi connectivity index (χ0n) is 17.2. The number of hydrogen-bond donors (Lipinski definition) is 1. The normalized spacial score (nSPS) is 14.8. The molecule has 0 spiro atoms. The molecule has 1 saturated heterocycles. The van der Waals surface area contributed by atoms with Crippen LogP contribution in [-0.2, 0) is 6.54 Å². The summed E-state index contributed by atoms with van der Waals surface area (Å²) in [4.78, 5) is 15.7. The Morgan fingerprint density at radius 2 is 1.96 bits per heavy atom. The molecule has 0 atom stereocenters. The first-order valence-electron chi connectivity index (χ1n) is 9.58. The van der Waals surface area contributed by atoms with E-state index in [1.807, 2.05) is 50.4 Å². The largest absolute Gasteiger partial charge is 0.497 e. The van der Waals surface area contributed by atoms with E-state index < -0.39 is 0 Å². The molecular weight excluding hydrogens is 352 g/mol. The van der Waals surface area contributed by atoms with Crippen molar-refractivity contribution in [2.24, 2.45) is 4.99 Å². The van der Waals surface area contributed by atoms with Crippen molar-refractivity contribution >= 4 is 17.5 Å². The lowest BCUT2D eigenvalue weighted by Gasteiger charge is -2.37. The number of nitrogens with one attached hydrogen (secondary N) is 1. The number of aliphatic imine (C=N–C) groups is 1. The summed E-state index contributed by atoms with van der Waals surface area (Å²) >= 11 is 0. The molecule has 1 aromatic carbocycles. The van der Waals surface area contributed by atoms with Gasteiger partial charge in [0.2, 0.25) is 0 Å². The molecule has 1 aromatic heterocycles. The molecule has 3 rings (SSSR count). The van der Waals surface area contributed by atoms with Crippen LogP contribution in [0.4, 0.5) is 11.5 Å². The number of rotatable bonds is 5. The van der Waals surface area contributed by atoms with Crippen molar-refractivity contribution in [3.63, 3.8) is 0 Å². The molecule has 1 N–H and O–H groups in total. The van der Waals surface area contributed by atoms with Gasteiger partial charge in [0.25, 0.3) is 0 Å². The fourth-order valence-electron chi connectivity index (χ4n) is 3.46. The topological polar surface area (TPSA) is 56.2 Å². The Labute approximate surface area is 167 Å². The minimum atomic E-state index is 0.699. The Morgan fingerprint density at radius 1 is 1.18 bits per heavy atom. The minimum Gasteiger partial charge on any atom is -0.497 e. The summed E-state index contributed by atoms with van der Waals surface area (Å²) in [6.07, 6.45) is 1.82. The molecule has 2 aromatic rings. The van der Waals surface area contributed by atoms with Gasteiger partial charge < -0.3 is 24.8 Å². The van der Waals surface area contributed by atoms with Gasteiger partial charge in [-0.05, 0) is 18.2 Å². The van der Waals surface area contributed by atoms with Gasteiger partial charge in [0.15, 0.2) is 5.96 Å². The minimum absolute atomic E-state index is 0.699. The summed E-state index contributed by atoms with van der Waals surface area (Å²) in [5.74, 6) is 2.80. The molecule has 1 aliphatic heterocycles. The highest BCUT2D eigenvalue weighted by molar-refractivity contribution is 5.80. The Bertz CT molecular complexity index is 799. The first kappa shape index (κ1) is 19.8. The highest BCUT2D eigenvalue weighted by Crippen LogP contribution is 2.22. The fourth-order valence-corrected chi connectivity index (χ4v) is 3.46. The second-order valence-electron chi connectivity index (χ2n) is 6.96. The molecule has 1 aliphatic rings. The molecule has 0 unspecified atom stereocenters. The lowest BCUT2D eigenvalue weighted by Crippen LogP contribution is -2.52. The van der Waals surface area contributed by atoms with E-state index in [0.29, 0.717) is 6.54 Å². The number of pyridine rings is 1. The number of benzene rings is 1. The lowest BCUT2D eigenvalue weighted by molar-refractivity contribution is 0.372. The predicted octanol–water partition coefficient (Wildman–Crippen LogP) is 2.05. The van der Waals surface area contributed by atoms with Crippen molar-refractivity contribution in [2.75, 3.05) is 64.2 Å². The van der Waals surface area contributed by atoms with Crippen LogP contribution in [0.15, 0.2) is 47.6 Å². The van der Waals surface area contributed by atoms with Crippen LogP contribution in [-0.4, -0.2) is 70.3 Å². The Morgan fingerprint density at radius 3 is 2.64 bits per heavy atom. The van der Waals surface area contributed by atoms with E-state index in [1.165, 1.54) is 5.69 Å². The van der Waals surface area contributed by atoms with E-state index in [2.05, 4.69) is 43.3 Å². The number of hydrogen-bond acceptors (Lipinski definition) is 5. The second kappa shape index (κ2) is 9.30. The van der Waals surface area contributed by atoms with E-state index in [1.54, 1.807) is 7.11 Å². The third-order valence-corrected chi connectivity index (χ3v) is 4.94. The zero-order valence-corrected chi connectivity index (χ0v) is 17.2. The van der Waals surface area contributed by atoms with Gasteiger partial charge in [-0.25, -0.2) is 4.98 Å². The van der Waals surface area contributed by atoms with E-state index in [-0.39, 0.29) is 0 Å². The number of nitrogens with zero attached hydrogens (tertiary/aromatic N) is 5. The van der Waals surface area contributed by atoms with Crippen LogP contribution >= 0.6 is 0 Å². The highest BCUT2D eigenvalue weighted by atomic mass is 16.5. The van der Waals surface area contributed by atoms with Gasteiger partial charge in [-0.15, -0.1) is 0 Å². The van der Waals surface area contributed by atoms with Crippen molar-refractivity contribution in [3.8, 4) is 5.75 Å². The Kier molecular flexibility index (Phi) is 6.57. The summed E-state index contributed by atoms with van der Waals surface area (Å²) in [7, 11) is 7.57. The lowest BCUT2D eigenvalue weighted by atomic mass is 10.2. The van der Waals surface area contributed by atoms with Crippen molar-refractivity contribution in [1.82, 2.24) is 15.2 Å². The maximum atomic E-state index is 5.35. The smallest absolute Gasteiger partial charge is 0.194 e. The molecular formula is C21H30N6O. The quantitative estimate of drug-likeness (QED) is 0.631. The number of guanidine groups is 1. The Balaban J connectivity index is 1.58. The molecule has 0 saturated carbocycles. The second-order valence-corrected chi connectivity index (χ2v) is 6.96. The monoisotopic (exact) mass is 382 g/mol. The van der Waals surface area contributed by atoms with Crippen LogP contribution in [0.5, 0.6) is 5.75 Å². The molecule has 0 amide bonds. The van der Waals surface area contributed by atoms with Crippen LogP contribution in [0.2, 0.25) is 0 Å². The van der Waals surface area contributed by atoms with Gasteiger partial charge >= 0.3 is 0 Å². The van der Waals surface area contributed by atoms with Gasteiger partial charge in [-0.1, -0.05) is 12.1 Å². The maximum Gasteiger partial charge on any atom is 0.194 e. The van der Waals surface area contributed by atoms with Crippen LogP contribution in [0.3, 0.4) is 0 Å². The van der Waals surface area contributed by atoms with Crippen molar-refractivity contribution < 1.29 is 4.74 Å². The number of methoxy groups -OCH3 is 1. The summed E-state index contributed by atoms with van der Waals surface area (Å²) in [5.41, 5.74) is 2.36. The fraction of sp³-hybridized carbons (Fsp3) is 0.429.